The lowest BCUT2D eigenvalue weighted by atomic mass is 10.2. The van der Waals surface area contributed by atoms with Crippen LogP contribution >= 0.6 is 0 Å². The summed E-state index contributed by atoms with van der Waals surface area (Å²) in [5, 5.41) is 3.44. The molecule has 0 unspecified atom stereocenters. The normalized spacial score (nSPS) is 17.5. The number of ether oxygens (including phenoxy) is 1. The predicted molar refractivity (Wildman–Crippen MR) is 92.9 cm³/mol. The fourth-order valence-electron chi connectivity index (χ4n) is 3.02. The van der Waals surface area contributed by atoms with Gasteiger partial charge in [-0.15, -0.1) is 0 Å². The van der Waals surface area contributed by atoms with Crippen LogP contribution in [0.5, 0.6) is 0 Å². The summed E-state index contributed by atoms with van der Waals surface area (Å²) in [5.41, 5.74) is 2.03. The molecule has 1 aliphatic rings. The summed E-state index contributed by atoms with van der Waals surface area (Å²) in [7, 11) is -3.81. The molecule has 25 heavy (non-hydrogen) atoms. The van der Waals surface area contributed by atoms with E-state index in [1.165, 1.54) is 3.97 Å². The molecule has 1 atom stereocenters. The van der Waals surface area contributed by atoms with Crippen molar-refractivity contribution in [2.45, 2.75) is 17.9 Å². The predicted octanol–water partition coefficient (Wildman–Crippen LogP) is 2.97. The highest BCUT2D eigenvalue weighted by Crippen LogP contribution is 2.30. The van der Waals surface area contributed by atoms with Gasteiger partial charge in [-0.05, 0) is 31.2 Å². The Balaban J connectivity index is 1.96. The van der Waals surface area contributed by atoms with Crippen LogP contribution in [-0.2, 0) is 14.8 Å². The number of benzene rings is 2. The highest BCUT2D eigenvalue weighted by atomic mass is 32.2. The third kappa shape index (κ3) is 2.56. The summed E-state index contributed by atoms with van der Waals surface area (Å²) < 4.78 is 32.8. The van der Waals surface area contributed by atoms with E-state index in [9.17, 15) is 13.2 Å². The summed E-state index contributed by atoms with van der Waals surface area (Å²) in [5.74, 6) is 0. The zero-order chi connectivity index (χ0) is 17.6. The summed E-state index contributed by atoms with van der Waals surface area (Å²) in [4.78, 5) is 11.6. The molecule has 0 bridgehead atoms. The van der Waals surface area contributed by atoms with Crippen molar-refractivity contribution in [2.24, 2.45) is 0 Å². The van der Waals surface area contributed by atoms with Crippen molar-refractivity contribution in [1.82, 2.24) is 9.29 Å². The second kappa shape index (κ2) is 5.63. The van der Waals surface area contributed by atoms with Crippen LogP contribution in [-0.4, -0.2) is 25.1 Å². The molecule has 0 saturated carbocycles. The van der Waals surface area contributed by atoms with Gasteiger partial charge < -0.3 is 10.1 Å². The Bertz CT molecular complexity index is 1070. The number of para-hydroxylation sites is 1. The maximum absolute atomic E-state index is 13.3. The van der Waals surface area contributed by atoms with E-state index in [0.29, 0.717) is 11.2 Å². The van der Waals surface area contributed by atoms with E-state index in [1.54, 1.807) is 42.5 Å². The molecule has 1 saturated heterocycles. The van der Waals surface area contributed by atoms with Crippen molar-refractivity contribution in [1.29, 1.82) is 0 Å². The van der Waals surface area contributed by atoms with Gasteiger partial charge in [-0.2, -0.15) is 0 Å². The number of carbonyl (C=O) groups excluding carboxylic acids is 1. The first-order valence-corrected chi connectivity index (χ1v) is 9.27. The SMILES string of the molecule is Cc1ccc(S(=O)(=O)n2c([C@@H]3COC(=O)N3)cc3ccccc32)cc1. The Labute approximate surface area is 145 Å². The van der Waals surface area contributed by atoms with E-state index < -0.39 is 22.2 Å². The number of carbonyl (C=O) groups is 1. The van der Waals surface area contributed by atoms with Gasteiger partial charge in [0.25, 0.3) is 10.0 Å². The Morgan fingerprint density at radius 2 is 1.84 bits per heavy atom. The van der Waals surface area contributed by atoms with Gasteiger partial charge in [0.2, 0.25) is 0 Å². The number of alkyl carbamates (subject to hydrolysis) is 1. The second-order valence-corrected chi connectivity index (χ2v) is 7.79. The van der Waals surface area contributed by atoms with Crippen LogP contribution in [0.25, 0.3) is 10.9 Å². The highest BCUT2D eigenvalue weighted by Gasteiger charge is 2.31. The molecule has 1 N–H and O–H groups in total. The van der Waals surface area contributed by atoms with Gasteiger partial charge in [-0.1, -0.05) is 35.9 Å². The quantitative estimate of drug-likeness (QED) is 0.783. The van der Waals surface area contributed by atoms with Crippen LogP contribution in [0.2, 0.25) is 0 Å². The number of nitrogens with zero attached hydrogens (tertiary/aromatic N) is 1. The average Bonchev–Trinajstić information content (AvgIpc) is 3.18. The van der Waals surface area contributed by atoms with E-state index in [2.05, 4.69) is 5.32 Å². The third-order valence-electron chi connectivity index (χ3n) is 4.28. The molecule has 1 aromatic heterocycles. The lowest BCUT2D eigenvalue weighted by Crippen LogP contribution is -2.24. The standard InChI is InChI=1S/C18H16N2O4S/c1-12-6-8-14(9-7-12)25(22,23)20-16-5-3-2-4-13(16)10-17(20)15-11-24-18(21)19-15/h2-10,15H,11H2,1H3,(H,19,21)/t15-/m0/s1. The van der Waals surface area contributed by atoms with E-state index >= 15 is 0 Å². The Morgan fingerprint density at radius 3 is 2.52 bits per heavy atom. The number of nitrogens with one attached hydrogen (secondary N) is 1. The zero-order valence-corrected chi connectivity index (χ0v) is 14.3. The molecule has 3 aromatic rings. The van der Waals surface area contributed by atoms with Gasteiger partial charge in [0.05, 0.1) is 16.1 Å². The van der Waals surface area contributed by atoms with Gasteiger partial charge in [0.15, 0.2) is 0 Å². The molecule has 2 aromatic carbocycles. The number of rotatable bonds is 3. The maximum Gasteiger partial charge on any atom is 0.407 e. The molecule has 1 fully saturated rings. The van der Waals surface area contributed by atoms with Crippen LogP contribution in [0.15, 0.2) is 59.5 Å². The number of hydrogen-bond acceptors (Lipinski definition) is 4. The molecule has 2 heterocycles. The Kier molecular flexibility index (Phi) is 3.54. The van der Waals surface area contributed by atoms with Crippen molar-refractivity contribution in [3.05, 3.63) is 65.9 Å². The molecule has 7 heteroatoms. The topological polar surface area (TPSA) is 77.4 Å². The molecule has 0 aliphatic carbocycles. The number of cyclic esters (lactones) is 1. The van der Waals surface area contributed by atoms with Crippen LogP contribution < -0.4 is 5.32 Å². The van der Waals surface area contributed by atoms with Crippen molar-refractivity contribution in [2.75, 3.05) is 6.61 Å². The minimum absolute atomic E-state index is 0.0958. The number of aromatic nitrogens is 1. The monoisotopic (exact) mass is 356 g/mol. The van der Waals surface area contributed by atoms with Crippen molar-refractivity contribution in [3.8, 4) is 0 Å². The Morgan fingerprint density at radius 1 is 1.12 bits per heavy atom. The summed E-state index contributed by atoms with van der Waals surface area (Å²) in [6.07, 6.45) is -0.547. The molecule has 0 radical (unpaired) electrons. The van der Waals surface area contributed by atoms with Crippen LogP contribution in [0.1, 0.15) is 17.3 Å². The average molecular weight is 356 g/mol. The van der Waals surface area contributed by atoms with Crippen molar-refractivity contribution < 1.29 is 17.9 Å². The minimum Gasteiger partial charge on any atom is -0.447 e. The van der Waals surface area contributed by atoms with Gasteiger partial charge in [-0.25, -0.2) is 17.2 Å². The highest BCUT2D eigenvalue weighted by molar-refractivity contribution is 7.90. The minimum atomic E-state index is -3.81. The fourth-order valence-corrected chi connectivity index (χ4v) is 4.60. The second-order valence-electron chi connectivity index (χ2n) is 6.01. The molecule has 4 rings (SSSR count). The van der Waals surface area contributed by atoms with Gasteiger partial charge in [0.1, 0.15) is 12.6 Å². The summed E-state index contributed by atoms with van der Waals surface area (Å²) >= 11 is 0. The maximum atomic E-state index is 13.3. The van der Waals surface area contributed by atoms with E-state index in [-0.39, 0.29) is 11.5 Å². The van der Waals surface area contributed by atoms with Crippen LogP contribution in [0.3, 0.4) is 0 Å². The Hall–Kier alpha value is -2.80. The van der Waals surface area contributed by atoms with Crippen molar-refractivity contribution in [3.63, 3.8) is 0 Å². The summed E-state index contributed by atoms with van der Waals surface area (Å²) in [6, 6.07) is 15.2. The third-order valence-corrected chi connectivity index (χ3v) is 6.04. The van der Waals surface area contributed by atoms with E-state index in [1.807, 2.05) is 19.1 Å². The van der Waals surface area contributed by atoms with Crippen LogP contribution in [0.4, 0.5) is 4.79 Å². The largest absolute Gasteiger partial charge is 0.447 e. The van der Waals surface area contributed by atoms with E-state index in [4.69, 9.17) is 4.74 Å². The zero-order valence-electron chi connectivity index (χ0n) is 13.5. The van der Waals surface area contributed by atoms with Gasteiger partial charge in [0, 0.05) is 5.39 Å². The number of aryl methyl sites for hydroxylation is 1. The van der Waals surface area contributed by atoms with Crippen molar-refractivity contribution >= 4 is 27.0 Å². The first kappa shape index (κ1) is 15.7. The lowest BCUT2D eigenvalue weighted by molar-refractivity contribution is 0.177. The number of amides is 1. The van der Waals surface area contributed by atoms with E-state index in [0.717, 1.165) is 10.9 Å². The van der Waals surface area contributed by atoms with Gasteiger partial charge >= 0.3 is 6.09 Å². The number of hydrogen-bond donors (Lipinski definition) is 1. The fraction of sp³-hybridized carbons (Fsp3) is 0.167. The number of fused-ring (bicyclic) bond motifs is 1. The first-order valence-electron chi connectivity index (χ1n) is 7.83. The summed E-state index contributed by atoms with van der Waals surface area (Å²) in [6.45, 7) is 2.00. The molecule has 1 amide bonds. The molecule has 1 aliphatic heterocycles. The molecular weight excluding hydrogens is 340 g/mol. The smallest absolute Gasteiger partial charge is 0.407 e. The first-order chi connectivity index (χ1) is 12.0. The molecule has 0 spiro atoms. The molecule has 128 valence electrons. The van der Waals surface area contributed by atoms with Gasteiger partial charge in [-0.3, -0.25) is 0 Å². The molecular formula is C18H16N2O4S. The molecule has 6 nitrogen and oxygen atoms in total. The van der Waals surface area contributed by atoms with Crippen LogP contribution in [0, 0.1) is 6.92 Å². The lowest BCUT2D eigenvalue weighted by Gasteiger charge is -2.15.